The van der Waals surface area contributed by atoms with Crippen molar-refractivity contribution in [2.45, 2.75) is 19.3 Å². The Morgan fingerprint density at radius 3 is 1.38 bits per heavy atom. The Kier molecular flexibility index (Phi) is 8.62. The number of hydrogen-bond acceptors (Lipinski definition) is 5. The number of nitriles is 2. The molecule has 10 aromatic carbocycles. The van der Waals surface area contributed by atoms with Crippen molar-refractivity contribution in [2.24, 2.45) is 0 Å². The van der Waals surface area contributed by atoms with Gasteiger partial charge in [0, 0.05) is 39.1 Å². The molecule has 0 amide bonds. The van der Waals surface area contributed by atoms with Crippen LogP contribution in [-0.2, 0) is 5.41 Å². The van der Waals surface area contributed by atoms with E-state index in [1.165, 1.54) is 38.9 Å². The van der Waals surface area contributed by atoms with Gasteiger partial charge in [-0.25, -0.2) is 0 Å². The van der Waals surface area contributed by atoms with E-state index in [4.69, 9.17) is 4.42 Å². The molecular formula is C63H40N4O. The van der Waals surface area contributed by atoms with Crippen LogP contribution in [0.15, 0.2) is 211 Å². The van der Waals surface area contributed by atoms with Gasteiger partial charge >= 0.3 is 0 Å². The molecule has 1 aromatic heterocycles. The van der Waals surface area contributed by atoms with E-state index in [1.54, 1.807) is 0 Å². The van der Waals surface area contributed by atoms with Crippen molar-refractivity contribution in [1.82, 2.24) is 0 Å². The van der Waals surface area contributed by atoms with E-state index < -0.39 is 5.41 Å². The van der Waals surface area contributed by atoms with Crippen molar-refractivity contribution in [2.75, 3.05) is 9.80 Å². The number of hydrogen-bond donors (Lipinski definition) is 0. The zero-order valence-electron chi connectivity index (χ0n) is 37.3. The molecule has 0 bridgehead atoms. The number of furan rings is 1. The molecule has 2 aliphatic rings. The van der Waals surface area contributed by atoms with Crippen LogP contribution in [0.25, 0.3) is 55.0 Å². The lowest BCUT2D eigenvalue weighted by atomic mass is 9.70. The summed E-state index contributed by atoms with van der Waals surface area (Å²) in [4.78, 5) is 4.68. The largest absolute Gasteiger partial charge is 0.455 e. The van der Waals surface area contributed by atoms with E-state index in [1.807, 2.05) is 42.5 Å². The number of anilines is 6. The Hall–Kier alpha value is -9.16. The highest BCUT2D eigenvalue weighted by Gasteiger charge is 2.54. The van der Waals surface area contributed by atoms with Crippen LogP contribution >= 0.6 is 0 Å². The summed E-state index contributed by atoms with van der Waals surface area (Å²) in [5, 5.41) is 24.1. The lowest BCUT2D eigenvalue weighted by Crippen LogP contribution is -2.26. The van der Waals surface area contributed by atoms with Crippen LogP contribution in [0.1, 0.15) is 44.5 Å². The van der Waals surface area contributed by atoms with Crippen LogP contribution in [0, 0.1) is 36.5 Å². The first-order valence-corrected chi connectivity index (χ1v) is 22.9. The van der Waals surface area contributed by atoms with Gasteiger partial charge in [0.25, 0.3) is 0 Å². The maximum absolute atomic E-state index is 9.93. The molecular weight excluding hydrogens is 829 g/mol. The first-order chi connectivity index (χ1) is 33.5. The number of para-hydroxylation sites is 1. The Balaban J connectivity index is 1.22. The summed E-state index contributed by atoms with van der Waals surface area (Å²) in [6, 6.07) is 77.8. The highest BCUT2D eigenvalue weighted by molar-refractivity contribution is 6.23. The maximum atomic E-state index is 9.93. The van der Waals surface area contributed by atoms with Crippen molar-refractivity contribution in [1.29, 1.82) is 10.5 Å². The molecule has 68 heavy (non-hydrogen) atoms. The number of benzene rings is 10. The summed E-state index contributed by atoms with van der Waals surface area (Å²) < 4.78 is 7.34. The van der Waals surface area contributed by atoms with Crippen molar-refractivity contribution in [3.63, 3.8) is 0 Å². The quantitative estimate of drug-likeness (QED) is 0.167. The van der Waals surface area contributed by atoms with Gasteiger partial charge in [-0.2, -0.15) is 10.5 Å². The van der Waals surface area contributed by atoms with E-state index >= 15 is 0 Å². The number of fused-ring (bicyclic) bond motifs is 16. The van der Waals surface area contributed by atoms with E-state index in [0.29, 0.717) is 11.1 Å². The van der Waals surface area contributed by atoms with E-state index in [-0.39, 0.29) is 0 Å². The van der Waals surface area contributed by atoms with Gasteiger partial charge in [-0.1, -0.05) is 126 Å². The zero-order valence-corrected chi connectivity index (χ0v) is 37.3. The molecule has 0 saturated carbocycles. The number of rotatable bonds is 6. The fourth-order valence-corrected chi connectivity index (χ4v) is 11.3. The molecule has 13 rings (SSSR count). The average Bonchev–Trinajstić information content (AvgIpc) is 4.03. The second-order valence-electron chi connectivity index (χ2n) is 18.0. The normalized spacial score (nSPS) is 12.6. The molecule has 11 aromatic rings. The van der Waals surface area contributed by atoms with Crippen LogP contribution in [-0.4, -0.2) is 0 Å². The minimum Gasteiger partial charge on any atom is -0.455 e. The van der Waals surface area contributed by atoms with Crippen LogP contribution in [0.3, 0.4) is 0 Å². The van der Waals surface area contributed by atoms with Gasteiger partial charge in [-0.05, 0) is 149 Å². The number of nitrogens with zero attached hydrogens (tertiary/aromatic N) is 4. The van der Waals surface area contributed by atoms with Gasteiger partial charge in [0.1, 0.15) is 11.2 Å². The molecule has 0 aliphatic heterocycles. The first kappa shape index (κ1) is 39.2. The van der Waals surface area contributed by atoms with Gasteiger partial charge in [0.2, 0.25) is 0 Å². The van der Waals surface area contributed by atoms with Crippen molar-refractivity contribution in [3.05, 3.63) is 251 Å². The molecule has 5 nitrogen and oxygen atoms in total. The first-order valence-electron chi connectivity index (χ1n) is 22.9. The summed E-state index contributed by atoms with van der Waals surface area (Å²) in [7, 11) is 0. The van der Waals surface area contributed by atoms with Crippen LogP contribution in [0.4, 0.5) is 34.1 Å². The molecule has 5 heteroatoms. The molecule has 0 radical (unpaired) electrons. The monoisotopic (exact) mass is 868 g/mol. The van der Waals surface area contributed by atoms with E-state index in [2.05, 4.69) is 200 Å². The van der Waals surface area contributed by atoms with Gasteiger partial charge in [0.05, 0.1) is 45.4 Å². The SMILES string of the molecule is Cc1ccc(N(c2ccc(C#N)cc2)c2cc3c(c4ccccc24)-c2c(cc(N(c4ccc(C)cc4)c4ccc(C#N)cc4)c4c2oc2ccccc24)C32c3ccccc3-c3ccccc32)cc1. The fraction of sp³-hybridized carbons (Fsp3) is 0.0476. The Morgan fingerprint density at radius 1 is 0.412 bits per heavy atom. The summed E-state index contributed by atoms with van der Waals surface area (Å²) in [6.07, 6.45) is 0. The van der Waals surface area contributed by atoms with E-state index in [9.17, 15) is 10.5 Å². The molecule has 0 atom stereocenters. The van der Waals surface area contributed by atoms with Gasteiger partial charge in [-0.3, -0.25) is 0 Å². The molecule has 0 unspecified atom stereocenters. The highest BCUT2D eigenvalue weighted by Crippen LogP contribution is 2.67. The predicted molar refractivity (Wildman–Crippen MR) is 276 cm³/mol. The topological polar surface area (TPSA) is 67.2 Å². The molecule has 1 spiro atoms. The third kappa shape index (κ3) is 5.54. The second kappa shape index (κ2) is 14.9. The zero-order chi connectivity index (χ0) is 45.7. The summed E-state index contributed by atoms with van der Waals surface area (Å²) >= 11 is 0. The molecule has 0 N–H and O–H groups in total. The number of aryl methyl sites for hydroxylation is 2. The Bertz CT molecular complexity index is 3900. The molecule has 0 saturated heterocycles. The third-order valence-corrected chi connectivity index (χ3v) is 14.2. The van der Waals surface area contributed by atoms with Crippen molar-refractivity contribution >= 4 is 66.8 Å². The lowest BCUT2D eigenvalue weighted by Gasteiger charge is -2.34. The van der Waals surface area contributed by atoms with E-state index in [0.717, 1.165) is 83.5 Å². The second-order valence-corrected chi connectivity index (χ2v) is 18.0. The molecule has 318 valence electrons. The van der Waals surface area contributed by atoms with Crippen LogP contribution < -0.4 is 9.80 Å². The lowest BCUT2D eigenvalue weighted by molar-refractivity contribution is 0.669. The van der Waals surface area contributed by atoms with Crippen LogP contribution in [0.2, 0.25) is 0 Å². The van der Waals surface area contributed by atoms with Crippen molar-refractivity contribution in [3.8, 4) is 34.4 Å². The molecule has 0 fully saturated rings. The van der Waals surface area contributed by atoms with Crippen LogP contribution in [0.5, 0.6) is 0 Å². The minimum absolute atomic E-state index is 0.599. The maximum Gasteiger partial charge on any atom is 0.145 e. The van der Waals surface area contributed by atoms with Gasteiger partial charge < -0.3 is 14.2 Å². The summed E-state index contributed by atoms with van der Waals surface area (Å²) in [5.74, 6) is 0. The smallest absolute Gasteiger partial charge is 0.145 e. The van der Waals surface area contributed by atoms with Gasteiger partial charge in [-0.15, -0.1) is 0 Å². The Morgan fingerprint density at radius 2 is 0.838 bits per heavy atom. The Labute approximate surface area is 394 Å². The molecule has 2 aliphatic carbocycles. The molecule has 1 heterocycles. The highest BCUT2D eigenvalue weighted by atomic mass is 16.3. The summed E-state index contributed by atoms with van der Waals surface area (Å²) in [5.41, 5.74) is 19.6. The third-order valence-electron chi connectivity index (χ3n) is 14.2. The standard InChI is InChI=1S/C63H40N4O/c1-39-19-27-43(28-20-39)66(45-31-23-41(37-64)24-32-45)56-35-54-59(50-14-4-3-13-49(50)56)61-55(63(54)52-16-8-5-11-47(52)48-12-6-9-17-53(48)63)36-57(60-51-15-7-10-18-58(51)68-62(60)61)67(44-29-21-40(2)22-30-44)46-33-25-42(38-65)26-34-46/h3-36H,1-2H3. The predicted octanol–water partition coefficient (Wildman–Crippen LogP) is 16.4. The fourth-order valence-electron chi connectivity index (χ4n) is 11.3. The van der Waals surface area contributed by atoms with Crippen molar-refractivity contribution < 1.29 is 4.42 Å². The minimum atomic E-state index is -0.786. The summed E-state index contributed by atoms with van der Waals surface area (Å²) in [6.45, 7) is 4.23. The van der Waals surface area contributed by atoms with Gasteiger partial charge in [0.15, 0.2) is 0 Å². The average molecular weight is 869 g/mol.